The van der Waals surface area contributed by atoms with Crippen molar-refractivity contribution in [2.45, 2.75) is 57.2 Å². The van der Waals surface area contributed by atoms with E-state index < -0.39 is 36.2 Å². The Kier molecular flexibility index (Phi) is 7.70. The quantitative estimate of drug-likeness (QED) is 0.504. The highest BCUT2D eigenvalue weighted by Crippen LogP contribution is 2.44. The zero-order valence-electron chi connectivity index (χ0n) is 20.0. The molecule has 1 fully saturated rings. The molecule has 1 aliphatic carbocycles. The lowest BCUT2D eigenvalue weighted by Crippen LogP contribution is -2.53. The molecule has 1 aliphatic heterocycles. The van der Waals surface area contributed by atoms with Crippen molar-refractivity contribution in [1.29, 1.82) is 0 Å². The molecule has 4 rings (SSSR count). The Hall–Kier alpha value is -3.39. The molecule has 2 aromatic rings. The van der Waals surface area contributed by atoms with Crippen LogP contribution in [0.3, 0.4) is 0 Å². The number of amides is 2. The van der Waals surface area contributed by atoms with E-state index in [2.05, 4.69) is 22.8 Å². The number of carboxylic acid groups (broad SMARTS) is 1. The maximum absolute atomic E-state index is 13.0. The van der Waals surface area contributed by atoms with Gasteiger partial charge in [0.05, 0.1) is 6.04 Å². The van der Waals surface area contributed by atoms with Crippen LogP contribution in [0.5, 0.6) is 0 Å². The first-order valence-electron chi connectivity index (χ1n) is 12.1. The van der Waals surface area contributed by atoms with Gasteiger partial charge in [-0.05, 0) is 41.0 Å². The van der Waals surface area contributed by atoms with Crippen molar-refractivity contribution < 1.29 is 29.0 Å². The highest BCUT2D eigenvalue weighted by Gasteiger charge is 2.37. The van der Waals surface area contributed by atoms with Gasteiger partial charge in [-0.15, -0.1) is 0 Å². The Labute approximate surface area is 205 Å². The summed E-state index contributed by atoms with van der Waals surface area (Å²) in [6, 6.07) is 14.7. The van der Waals surface area contributed by atoms with Crippen molar-refractivity contribution in [3.05, 3.63) is 59.7 Å². The fourth-order valence-electron chi connectivity index (χ4n) is 4.85. The maximum atomic E-state index is 13.0. The molecule has 3 N–H and O–H groups in total. The predicted octanol–water partition coefficient (Wildman–Crippen LogP) is 3.69. The van der Waals surface area contributed by atoms with E-state index in [1.54, 1.807) is 0 Å². The summed E-state index contributed by atoms with van der Waals surface area (Å²) in [5, 5.41) is 14.8. The summed E-state index contributed by atoms with van der Waals surface area (Å²) < 4.78 is 10.8. The third-order valence-corrected chi connectivity index (χ3v) is 6.95. The molecule has 0 saturated carbocycles. The summed E-state index contributed by atoms with van der Waals surface area (Å²) in [5.41, 5.74) is 4.49. The van der Waals surface area contributed by atoms with E-state index >= 15 is 0 Å². The molecule has 0 aromatic heterocycles. The van der Waals surface area contributed by atoms with Crippen LogP contribution in [0.2, 0.25) is 0 Å². The fourth-order valence-corrected chi connectivity index (χ4v) is 4.85. The Morgan fingerprint density at radius 2 is 1.71 bits per heavy atom. The molecule has 0 spiro atoms. The van der Waals surface area contributed by atoms with Gasteiger partial charge >= 0.3 is 12.1 Å². The van der Waals surface area contributed by atoms with Gasteiger partial charge in [-0.25, -0.2) is 9.59 Å². The summed E-state index contributed by atoms with van der Waals surface area (Å²) in [7, 11) is 0. The Morgan fingerprint density at radius 1 is 1.09 bits per heavy atom. The summed E-state index contributed by atoms with van der Waals surface area (Å²) >= 11 is 0. The molecule has 8 heteroatoms. The van der Waals surface area contributed by atoms with Crippen LogP contribution in [0.1, 0.15) is 50.2 Å². The van der Waals surface area contributed by atoms with E-state index in [-0.39, 0.29) is 25.0 Å². The second-order valence-corrected chi connectivity index (χ2v) is 9.30. The highest BCUT2D eigenvalue weighted by molar-refractivity contribution is 5.87. The van der Waals surface area contributed by atoms with Crippen LogP contribution in [-0.4, -0.2) is 54.5 Å². The van der Waals surface area contributed by atoms with Gasteiger partial charge in [-0.3, -0.25) is 4.79 Å². The number of hydrogen-bond acceptors (Lipinski definition) is 5. The van der Waals surface area contributed by atoms with E-state index in [1.165, 1.54) is 0 Å². The van der Waals surface area contributed by atoms with Crippen LogP contribution in [0, 0.1) is 5.92 Å². The first-order valence-corrected chi connectivity index (χ1v) is 12.1. The molecule has 0 radical (unpaired) electrons. The number of fused-ring (bicyclic) bond motifs is 3. The fraction of sp³-hybridized carbons (Fsp3) is 0.444. The molecule has 2 aromatic carbocycles. The number of carboxylic acids is 1. The number of carbonyl (C=O) groups is 3. The van der Waals surface area contributed by atoms with E-state index in [0.29, 0.717) is 12.8 Å². The zero-order chi connectivity index (χ0) is 24.9. The zero-order valence-corrected chi connectivity index (χ0v) is 20.0. The van der Waals surface area contributed by atoms with Crippen LogP contribution < -0.4 is 10.6 Å². The molecule has 1 heterocycles. The molecule has 2 aliphatic rings. The van der Waals surface area contributed by atoms with Crippen molar-refractivity contribution in [3.8, 4) is 11.1 Å². The van der Waals surface area contributed by atoms with Crippen LogP contribution in [-0.2, 0) is 19.1 Å². The smallest absolute Gasteiger partial charge is 0.407 e. The minimum atomic E-state index is -1.12. The minimum Gasteiger partial charge on any atom is -0.479 e. The number of ether oxygens (including phenoxy) is 2. The van der Waals surface area contributed by atoms with E-state index in [0.717, 1.165) is 28.7 Å². The molecular formula is C27H32N2O6. The Bertz CT molecular complexity index is 1040. The molecule has 0 bridgehead atoms. The van der Waals surface area contributed by atoms with Crippen molar-refractivity contribution in [2.75, 3.05) is 13.2 Å². The topological polar surface area (TPSA) is 114 Å². The van der Waals surface area contributed by atoms with Gasteiger partial charge in [0.2, 0.25) is 5.91 Å². The number of carbonyl (C=O) groups excluding carboxylic acids is 2. The van der Waals surface area contributed by atoms with Crippen molar-refractivity contribution in [3.63, 3.8) is 0 Å². The maximum Gasteiger partial charge on any atom is 0.407 e. The van der Waals surface area contributed by atoms with Crippen LogP contribution in [0.4, 0.5) is 4.79 Å². The lowest BCUT2D eigenvalue weighted by Gasteiger charge is -2.24. The predicted molar refractivity (Wildman–Crippen MR) is 130 cm³/mol. The third-order valence-electron chi connectivity index (χ3n) is 6.95. The second kappa shape index (κ2) is 10.9. The standard InChI is InChI=1S/C27H32N2O6/c1-3-16(2)14-23(25(30)28-22-12-13-34-24(22)26(31)32)29-27(33)35-15-21-19-10-6-4-8-17(19)18-9-5-7-11-20(18)21/h4-11,16,21-24H,3,12-15H2,1-2H3,(H,28,30)(H,29,33)(H,31,32)/t16?,22-,23?,24+/m1/s1. The van der Waals surface area contributed by atoms with Crippen molar-refractivity contribution >= 4 is 18.0 Å². The summed E-state index contributed by atoms with van der Waals surface area (Å²) in [5.74, 6) is -1.45. The largest absolute Gasteiger partial charge is 0.479 e. The molecular weight excluding hydrogens is 448 g/mol. The normalized spacial score (nSPS) is 20.4. The Morgan fingerprint density at radius 3 is 2.31 bits per heavy atom. The average Bonchev–Trinajstić information content (AvgIpc) is 3.45. The van der Waals surface area contributed by atoms with Gasteiger partial charge < -0.3 is 25.2 Å². The first-order chi connectivity index (χ1) is 16.9. The summed E-state index contributed by atoms with van der Waals surface area (Å²) in [6.45, 7) is 4.42. The van der Waals surface area contributed by atoms with Crippen LogP contribution in [0.15, 0.2) is 48.5 Å². The van der Waals surface area contributed by atoms with Gasteiger partial charge in [0, 0.05) is 12.5 Å². The number of aliphatic carboxylic acids is 1. The molecule has 2 amide bonds. The second-order valence-electron chi connectivity index (χ2n) is 9.30. The Balaban J connectivity index is 1.41. The average molecular weight is 481 g/mol. The molecule has 186 valence electrons. The van der Waals surface area contributed by atoms with E-state index in [1.807, 2.05) is 50.2 Å². The molecule has 1 saturated heterocycles. The number of benzene rings is 2. The number of alkyl carbamates (subject to hydrolysis) is 1. The third kappa shape index (κ3) is 5.48. The van der Waals surface area contributed by atoms with Gasteiger partial charge in [-0.1, -0.05) is 68.8 Å². The highest BCUT2D eigenvalue weighted by atomic mass is 16.5. The monoisotopic (exact) mass is 480 g/mol. The van der Waals surface area contributed by atoms with Gasteiger partial charge in [-0.2, -0.15) is 0 Å². The van der Waals surface area contributed by atoms with E-state index in [9.17, 15) is 19.5 Å². The molecule has 4 atom stereocenters. The first kappa shape index (κ1) is 24.7. The molecule has 8 nitrogen and oxygen atoms in total. The van der Waals surface area contributed by atoms with E-state index in [4.69, 9.17) is 9.47 Å². The van der Waals surface area contributed by atoms with Gasteiger partial charge in [0.25, 0.3) is 0 Å². The summed E-state index contributed by atoms with van der Waals surface area (Å²) in [6.07, 6.45) is -0.104. The summed E-state index contributed by atoms with van der Waals surface area (Å²) in [4.78, 5) is 37.2. The van der Waals surface area contributed by atoms with Gasteiger partial charge in [0.1, 0.15) is 12.6 Å². The van der Waals surface area contributed by atoms with Gasteiger partial charge in [0.15, 0.2) is 6.10 Å². The number of rotatable bonds is 9. The lowest BCUT2D eigenvalue weighted by atomic mass is 9.98. The van der Waals surface area contributed by atoms with Crippen molar-refractivity contribution in [1.82, 2.24) is 10.6 Å². The lowest BCUT2D eigenvalue weighted by molar-refractivity contribution is -0.148. The minimum absolute atomic E-state index is 0.0815. The van der Waals surface area contributed by atoms with Crippen molar-refractivity contribution in [2.24, 2.45) is 5.92 Å². The molecule has 2 unspecified atom stereocenters. The number of nitrogens with one attached hydrogen (secondary N) is 2. The molecule has 35 heavy (non-hydrogen) atoms. The SMILES string of the molecule is CCC(C)CC(NC(=O)OCC1c2ccccc2-c2ccccc21)C(=O)N[C@@H]1CCO[C@@H]1C(=O)O. The number of hydrogen-bond donors (Lipinski definition) is 3. The van der Waals surface area contributed by atoms with Crippen LogP contribution in [0.25, 0.3) is 11.1 Å². The van der Waals surface area contributed by atoms with Crippen LogP contribution >= 0.6 is 0 Å².